The molecule has 0 saturated carbocycles. The van der Waals surface area contributed by atoms with Crippen LogP contribution in [0.1, 0.15) is 35.4 Å². The maximum atomic E-state index is 12.3. The fourth-order valence-electron chi connectivity index (χ4n) is 3.89. The minimum atomic E-state index is -0.127. The second-order valence-electron chi connectivity index (χ2n) is 7.21. The maximum Gasteiger partial charge on any atom is 0.270 e. The summed E-state index contributed by atoms with van der Waals surface area (Å²) in [6, 6.07) is 11.5. The number of pyridine rings is 2. The molecule has 1 unspecified atom stereocenters. The van der Waals surface area contributed by atoms with Crippen LogP contribution in [0.2, 0.25) is 0 Å². The number of aryl methyl sites for hydroxylation is 1. The summed E-state index contributed by atoms with van der Waals surface area (Å²) in [4.78, 5) is 23.3. The normalized spacial score (nSPS) is 21.7. The highest BCUT2D eigenvalue weighted by molar-refractivity contribution is 5.92. The third-order valence-electron chi connectivity index (χ3n) is 5.31. The van der Waals surface area contributed by atoms with Gasteiger partial charge in [-0.05, 0) is 50.5 Å². The zero-order chi connectivity index (χ0) is 18.0. The Balaban J connectivity index is 1.33. The fraction of sp³-hybridized carbons (Fsp3) is 0.450. The largest absolute Gasteiger partial charge is 0.373 e. The molecule has 0 aromatic carbocycles. The van der Waals surface area contributed by atoms with Gasteiger partial charge < -0.3 is 15.0 Å². The molecule has 1 amide bonds. The van der Waals surface area contributed by atoms with Crippen LogP contribution >= 0.6 is 0 Å². The summed E-state index contributed by atoms with van der Waals surface area (Å²) in [6.07, 6.45) is 4.41. The van der Waals surface area contributed by atoms with Crippen molar-refractivity contribution in [2.75, 3.05) is 24.6 Å². The number of ether oxygens (including phenoxy) is 1. The third-order valence-corrected chi connectivity index (χ3v) is 5.31. The van der Waals surface area contributed by atoms with Crippen LogP contribution in [0.3, 0.4) is 0 Å². The molecular formula is C20H24N4O2. The van der Waals surface area contributed by atoms with Gasteiger partial charge in [-0.25, -0.2) is 4.98 Å². The smallest absolute Gasteiger partial charge is 0.270 e. The molecule has 1 N–H and O–H groups in total. The lowest BCUT2D eigenvalue weighted by molar-refractivity contribution is -0.0150. The van der Waals surface area contributed by atoms with Crippen LogP contribution in [-0.4, -0.2) is 47.2 Å². The highest BCUT2D eigenvalue weighted by Crippen LogP contribution is 2.37. The Morgan fingerprint density at radius 3 is 2.81 bits per heavy atom. The van der Waals surface area contributed by atoms with Gasteiger partial charge in [0.25, 0.3) is 5.91 Å². The van der Waals surface area contributed by atoms with E-state index in [1.165, 1.54) is 0 Å². The number of piperidine rings is 1. The van der Waals surface area contributed by atoms with Crippen molar-refractivity contribution in [1.29, 1.82) is 0 Å². The summed E-state index contributed by atoms with van der Waals surface area (Å²) in [7, 11) is 0. The Labute approximate surface area is 153 Å². The summed E-state index contributed by atoms with van der Waals surface area (Å²) in [5.74, 6) is 0.912. The number of amides is 1. The van der Waals surface area contributed by atoms with Crippen LogP contribution in [0.4, 0.5) is 5.82 Å². The van der Waals surface area contributed by atoms with Gasteiger partial charge in [-0.15, -0.1) is 0 Å². The first-order chi connectivity index (χ1) is 12.6. The van der Waals surface area contributed by atoms with Gasteiger partial charge in [-0.2, -0.15) is 0 Å². The van der Waals surface area contributed by atoms with Gasteiger partial charge in [-0.3, -0.25) is 9.78 Å². The average molecular weight is 352 g/mol. The van der Waals surface area contributed by atoms with Gasteiger partial charge in [0.05, 0.1) is 18.2 Å². The van der Waals surface area contributed by atoms with E-state index in [2.05, 4.69) is 32.3 Å². The van der Waals surface area contributed by atoms with Gasteiger partial charge in [0, 0.05) is 25.0 Å². The lowest BCUT2D eigenvalue weighted by Crippen LogP contribution is -2.45. The van der Waals surface area contributed by atoms with E-state index in [9.17, 15) is 4.79 Å². The van der Waals surface area contributed by atoms with E-state index in [-0.39, 0.29) is 17.6 Å². The highest BCUT2D eigenvalue weighted by atomic mass is 16.5. The zero-order valence-corrected chi connectivity index (χ0v) is 15.0. The molecule has 0 radical (unpaired) electrons. The maximum absolute atomic E-state index is 12.3. The van der Waals surface area contributed by atoms with E-state index in [1.807, 2.05) is 19.1 Å². The molecule has 0 aliphatic carbocycles. The van der Waals surface area contributed by atoms with Gasteiger partial charge >= 0.3 is 0 Å². The van der Waals surface area contributed by atoms with Crippen LogP contribution in [0, 0.1) is 6.92 Å². The number of carbonyl (C=O) groups excluding carboxylic acids is 1. The summed E-state index contributed by atoms with van der Waals surface area (Å²) in [5.41, 5.74) is 1.37. The molecule has 26 heavy (non-hydrogen) atoms. The van der Waals surface area contributed by atoms with Gasteiger partial charge in [0.1, 0.15) is 11.5 Å². The number of aromatic nitrogens is 2. The van der Waals surface area contributed by atoms with Crippen LogP contribution in [0.25, 0.3) is 0 Å². The van der Waals surface area contributed by atoms with E-state index in [0.717, 1.165) is 43.9 Å². The second-order valence-corrected chi connectivity index (χ2v) is 7.21. The molecule has 2 aliphatic rings. The predicted molar refractivity (Wildman–Crippen MR) is 99.2 cm³/mol. The molecule has 6 heteroatoms. The molecule has 4 heterocycles. The number of nitrogens with one attached hydrogen (secondary N) is 1. The van der Waals surface area contributed by atoms with Crippen molar-refractivity contribution < 1.29 is 9.53 Å². The average Bonchev–Trinajstić information content (AvgIpc) is 3.05. The van der Waals surface area contributed by atoms with Crippen LogP contribution in [-0.2, 0) is 4.74 Å². The first-order valence-corrected chi connectivity index (χ1v) is 9.18. The topological polar surface area (TPSA) is 67.4 Å². The van der Waals surface area contributed by atoms with Crippen molar-refractivity contribution in [1.82, 2.24) is 15.3 Å². The van der Waals surface area contributed by atoms with Crippen molar-refractivity contribution in [2.24, 2.45) is 0 Å². The standard InChI is InChI=1S/C20H24N4O2/c1-15-5-4-7-18(22-15)24-11-8-20(9-12-24)13-16(14-26-20)23-19(25)17-6-2-3-10-21-17/h2-7,10,16H,8-9,11-14H2,1H3,(H,23,25). The molecule has 1 atom stereocenters. The molecule has 2 aliphatic heterocycles. The monoisotopic (exact) mass is 352 g/mol. The number of hydrogen-bond acceptors (Lipinski definition) is 5. The first kappa shape index (κ1) is 17.0. The molecule has 136 valence electrons. The van der Waals surface area contributed by atoms with Crippen molar-refractivity contribution in [2.45, 2.75) is 37.8 Å². The van der Waals surface area contributed by atoms with Crippen LogP contribution < -0.4 is 10.2 Å². The Bertz CT molecular complexity index is 772. The number of carbonyl (C=O) groups is 1. The molecule has 4 rings (SSSR count). The summed E-state index contributed by atoms with van der Waals surface area (Å²) < 4.78 is 6.16. The molecule has 2 aromatic rings. The summed E-state index contributed by atoms with van der Waals surface area (Å²) in [5, 5.41) is 3.06. The molecule has 6 nitrogen and oxygen atoms in total. The quantitative estimate of drug-likeness (QED) is 0.918. The van der Waals surface area contributed by atoms with E-state index >= 15 is 0 Å². The van der Waals surface area contributed by atoms with E-state index < -0.39 is 0 Å². The van der Waals surface area contributed by atoms with Crippen molar-refractivity contribution in [3.63, 3.8) is 0 Å². The fourth-order valence-corrected chi connectivity index (χ4v) is 3.89. The van der Waals surface area contributed by atoms with Gasteiger partial charge in [-0.1, -0.05) is 12.1 Å². The lowest BCUT2D eigenvalue weighted by Gasteiger charge is -2.39. The first-order valence-electron chi connectivity index (χ1n) is 9.18. The van der Waals surface area contributed by atoms with Gasteiger partial charge in [0.2, 0.25) is 0 Å². The molecule has 0 bridgehead atoms. The molecule has 2 aromatic heterocycles. The Morgan fingerprint density at radius 2 is 2.08 bits per heavy atom. The highest BCUT2D eigenvalue weighted by Gasteiger charge is 2.43. The SMILES string of the molecule is Cc1cccc(N2CCC3(CC2)CC(NC(=O)c2ccccn2)CO3)n1. The van der Waals surface area contributed by atoms with Crippen LogP contribution in [0.5, 0.6) is 0 Å². The molecule has 2 saturated heterocycles. The number of nitrogens with zero attached hydrogens (tertiary/aromatic N) is 3. The van der Waals surface area contributed by atoms with E-state index in [1.54, 1.807) is 18.3 Å². The number of rotatable bonds is 3. The molecule has 1 spiro atoms. The number of anilines is 1. The molecule has 2 fully saturated rings. The summed E-state index contributed by atoms with van der Waals surface area (Å²) >= 11 is 0. The Morgan fingerprint density at radius 1 is 1.23 bits per heavy atom. The Hall–Kier alpha value is -2.47. The minimum Gasteiger partial charge on any atom is -0.373 e. The minimum absolute atomic E-state index is 0.0492. The van der Waals surface area contributed by atoms with Crippen molar-refractivity contribution in [3.8, 4) is 0 Å². The van der Waals surface area contributed by atoms with Crippen molar-refractivity contribution >= 4 is 11.7 Å². The van der Waals surface area contributed by atoms with E-state index in [4.69, 9.17) is 4.74 Å². The Kier molecular flexibility index (Phi) is 4.59. The molecular weight excluding hydrogens is 328 g/mol. The van der Waals surface area contributed by atoms with Gasteiger partial charge in [0.15, 0.2) is 0 Å². The van der Waals surface area contributed by atoms with Crippen molar-refractivity contribution in [3.05, 3.63) is 54.0 Å². The number of hydrogen-bond donors (Lipinski definition) is 1. The lowest BCUT2D eigenvalue weighted by atomic mass is 9.87. The predicted octanol–water partition coefficient (Wildman–Crippen LogP) is 2.34. The van der Waals surface area contributed by atoms with E-state index in [0.29, 0.717) is 12.3 Å². The third kappa shape index (κ3) is 3.55. The zero-order valence-electron chi connectivity index (χ0n) is 15.0. The van der Waals surface area contributed by atoms with Crippen LogP contribution in [0.15, 0.2) is 42.6 Å². The second kappa shape index (κ2) is 7.03. The summed E-state index contributed by atoms with van der Waals surface area (Å²) in [6.45, 7) is 4.44.